The standard InChI is InChI=1S/C54H72O30/c55-16-25-40-31(61)34(64)49(73-25)80-41-26(17-56)75-51(36(66)33(41)63)82-43-28(19-58)77-53(38(68)47(43)71-23-12-6-2-7-13-23)84-45-30(21-60)78-54(39(69)48(45)72-24-14-8-3-9-15-24)83-44-29(20-59)76-52(37(67)46(44)70-22-10-4-1-5-11-22)81-42-27(18-57)74-50(79-40)35(65)32(42)62/h1-15,25-69H,16-21H2/t25-,26-,27-,28-,29-,30-,31-,32-,33-,34-,35-,36-,37-,38-,39-,40-,41-,42-,43+,44+,45+,46-,47-,48-,49-,50-,51-,52-,53-,54-/m1/s1. The Morgan fingerprint density at radius 1 is 0.238 bits per heavy atom. The summed E-state index contributed by atoms with van der Waals surface area (Å²) in [6.45, 7) is -5.71. The molecule has 0 radical (unpaired) electrons. The van der Waals surface area contributed by atoms with Crippen LogP contribution in [0.2, 0.25) is 0 Å². The normalized spacial score (nSPS) is 45.8. The lowest BCUT2D eigenvalue weighted by Gasteiger charge is -2.51. The van der Waals surface area contributed by atoms with E-state index >= 15 is 0 Å². The van der Waals surface area contributed by atoms with Crippen LogP contribution in [0.15, 0.2) is 91.0 Å². The average Bonchev–Trinajstić information content (AvgIpc) is 2.00. The summed E-state index contributed by atoms with van der Waals surface area (Å²) >= 11 is 0. The number of rotatable bonds is 12. The zero-order chi connectivity index (χ0) is 59.5. The number of aliphatic hydroxyl groups excluding tert-OH is 15. The van der Waals surface area contributed by atoms with Crippen LogP contribution in [-0.4, -0.2) is 300 Å². The summed E-state index contributed by atoms with van der Waals surface area (Å²) in [7, 11) is 0. The highest BCUT2D eigenvalue weighted by molar-refractivity contribution is 5.24. The Kier molecular flexibility index (Phi) is 21.0. The maximum Gasteiger partial charge on any atom is 0.188 e. The van der Waals surface area contributed by atoms with Gasteiger partial charge < -0.3 is 148 Å². The molecule has 0 unspecified atom stereocenters. The minimum Gasteiger partial charge on any atom is -0.485 e. The van der Waals surface area contributed by atoms with E-state index in [0.717, 1.165) is 0 Å². The fraction of sp³-hybridized carbons (Fsp3) is 0.667. The summed E-state index contributed by atoms with van der Waals surface area (Å²) in [5, 5.41) is 171. The fourth-order valence-electron chi connectivity index (χ4n) is 11.3. The zero-order valence-electron chi connectivity index (χ0n) is 44.6. The molecule has 84 heavy (non-hydrogen) atoms. The Morgan fingerprint density at radius 2 is 0.429 bits per heavy atom. The SMILES string of the molecule is OC[C@H]1O[C@@H]2O[C@@H]3[C@H](Oc4ccccc4)[C@@H](O)[C@@H](O[C@@H]4[C@H](Oc5ccccc5)[C@@H](O)[C@@H](O[C@H]5[C@H](O)[C@@H](O)[C@@H](O[C@H]6[C@H](O)[C@@H](O)[C@@H](O[C@H]7[C@H](O)[C@@H](O)[C@@H](O[C@@H]1[C@H](Oc1ccccc1)[C@H]2O)O[C@@H]7CO)O[C@@H]6CO)O[C@@H]5CO)O[C@@H]4CO)O[C@@H]3CO. The number of benzene rings is 3. The molecule has 0 aromatic heterocycles. The molecule has 0 aliphatic carbocycles. The molecule has 0 saturated carbocycles. The van der Waals surface area contributed by atoms with Gasteiger partial charge in [-0.2, -0.15) is 0 Å². The smallest absolute Gasteiger partial charge is 0.188 e. The van der Waals surface area contributed by atoms with Crippen LogP contribution in [0, 0.1) is 0 Å². The second-order valence-electron chi connectivity index (χ2n) is 21.1. The van der Waals surface area contributed by atoms with Crippen molar-refractivity contribution in [1.29, 1.82) is 0 Å². The van der Waals surface area contributed by atoms with E-state index in [1.165, 1.54) is 36.4 Å². The van der Waals surface area contributed by atoms with Gasteiger partial charge in [-0.1, -0.05) is 54.6 Å². The minimum absolute atomic E-state index is 0.127. The molecule has 30 heteroatoms. The largest absolute Gasteiger partial charge is 0.485 e. The molecule has 468 valence electrons. The number of para-hydroxylation sites is 3. The second-order valence-corrected chi connectivity index (χ2v) is 21.1. The van der Waals surface area contributed by atoms with Crippen LogP contribution >= 0.6 is 0 Å². The van der Waals surface area contributed by atoms with E-state index in [0.29, 0.717) is 0 Å². The van der Waals surface area contributed by atoms with Crippen LogP contribution < -0.4 is 14.2 Å². The van der Waals surface area contributed by atoms with Gasteiger partial charge in [0.1, 0.15) is 145 Å². The minimum atomic E-state index is -2.15. The van der Waals surface area contributed by atoms with Gasteiger partial charge >= 0.3 is 0 Å². The van der Waals surface area contributed by atoms with Gasteiger partial charge in [-0.15, -0.1) is 0 Å². The van der Waals surface area contributed by atoms with Crippen LogP contribution in [0.3, 0.4) is 0 Å². The molecule has 25 rings (SSSR count). The molecule has 22 heterocycles. The predicted octanol–water partition coefficient (Wildman–Crippen LogP) is -6.79. The highest BCUT2D eigenvalue weighted by Crippen LogP contribution is 2.40. The van der Waals surface area contributed by atoms with Gasteiger partial charge in [0.15, 0.2) is 56.1 Å². The van der Waals surface area contributed by atoms with Gasteiger partial charge in [0.25, 0.3) is 0 Å². The molecule has 22 saturated heterocycles. The molecule has 22 aliphatic rings. The molecular weight excluding hydrogens is 1130 g/mol. The van der Waals surface area contributed by atoms with Crippen molar-refractivity contribution < 1.29 is 148 Å². The summed E-state index contributed by atoms with van der Waals surface area (Å²) in [5.41, 5.74) is 0. The van der Waals surface area contributed by atoms with Crippen LogP contribution in [0.5, 0.6) is 17.2 Å². The average molecular weight is 1200 g/mol. The lowest BCUT2D eigenvalue weighted by Crippen LogP contribution is -2.70. The first-order chi connectivity index (χ1) is 40.6. The number of hydrogen-bond donors (Lipinski definition) is 15. The summed E-state index contributed by atoms with van der Waals surface area (Å²) in [4.78, 5) is 0. The molecule has 3 aromatic rings. The van der Waals surface area contributed by atoms with E-state index in [4.69, 9.17) is 71.1 Å². The first-order valence-electron chi connectivity index (χ1n) is 27.4. The van der Waals surface area contributed by atoms with Crippen molar-refractivity contribution in [2.75, 3.05) is 39.6 Å². The van der Waals surface area contributed by atoms with E-state index in [2.05, 4.69) is 0 Å². The summed E-state index contributed by atoms with van der Waals surface area (Å²) in [5.74, 6) is 0.393. The van der Waals surface area contributed by atoms with E-state index in [-0.39, 0.29) is 17.2 Å². The van der Waals surface area contributed by atoms with Gasteiger partial charge in [0.05, 0.1) is 39.6 Å². The first-order valence-corrected chi connectivity index (χ1v) is 27.4. The molecule has 12 bridgehead atoms. The van der Waals surface area contributed by atoms with Crippen molar-refractivity contribution in [1.82, 2.24) is 0 Å². The molecule has 3 aromatic carbocycles. The first kappa shape index (κ1) is 63.0. The maximum absolute atomic E-state index is 12.5. The van der Waals surface area contributed by atoms with Crippen LogP contribution in [0.1, 0.15) is 0 Å². The molecule has 30 atom stereocenters. The van der Waals surface area contributed by atoms with Crippen LogP contribution in [0.25, 0.3) is 0 Å². The highest BCUT2D eigenvalue weighted by Gasteiger charge is 2.60. The molecule has 0 amide bonds. The Labute approximate surface area is 478 Å². The molecule has 30 nitrogen and oxygen atoms in total. The lowest BCUT2D eigenvalue weighted by molar-refractivity contribution is -0.402. The second kappa shape index (κ2) is 28.0. The Morgan fingerprint density at radius 3 is 0.643 bits per heavy atom. The zero-order valence-corrected chi connectivity index (χ0v) is 44.6. The van der Waals surface area contributed by atoms with Gasteiger partial charge in [-0.25, -0.2) is 0 Å². The third kappa shape index (κ3) is 13.1. The van der Waals surface area contributed by atoms with E-state index in [9.17, 15) is 76.6 Å². The van der Waals surface area contributed by atoms with Gasteiger partial charge in [-0.05, 0) is 36.4 Å². The van der Waals surface area contributed by atoms with Gasteiger partial charge in [0.2, 0.25) is 0 Å². The summed E-state index contributed by atoms with van der Waals surface area (Å²) in [6, 6.07) is 23.8. The Balaban J connectivity index is 1.03. The summed E-state index contributed by atoms with van der Waals surface area (Å²) in [6.07, 6.45) is -55.5. The van der Waals surface area contributed by atoms with Crippen LogP contribution in [0.4, 0.5) is 0 Å². The molecule has 22 fully saturated rings. The van der Waals surface area contributed by atoms with Gasteiger partial charge in [-0.3, -0.25) is 0 Å². The lowest BCUT2D eigenvalue weighted by atomic mass is 9.94. The van der Waals surface area contributed by atoms with Crippen molar-refractivity contribution in [3.8, 4) is 17.2 Å². The number of aliphatic hydroxyl groups is 15. The highest BCUT2D eigenvalue weighted by atomic mass is 16.8. The molecule has 15 N–H and O–H groups in total. The van der Waals surface area contributed by atoms with Crippen molar-refractivity contribution in [3.63, 3.8) is 0 Å². The molecular formula is C54H72O30. The Hall–Kier alpha value is -4.02. The Bertz CT molecular complexity index is 2410. The van der Waals surface area contributed by atoms with E-state index in [1.54, 1.807) is 54.6 Å². The van der Waals surface area contributed by atoms with Crippen molar-refractivity contribution >= 4 is 0 Å². The van der Waals surface area contributed by atoms with Crippen molar-refractivity contribution in [2.24, 2.45) is 0 Å². The van der Waals surface area contributed by atoms with E-state index in [1.807, 2.05) is 0 Å². The van der Waals surface area contributed by atoms with Gasteiger partial charge in [0, 0.05) is 0 Å². The third-order valence-electron chi connectivity index (χ3n) is 15.6. The summed E-state index contributed by atoms with van der Waals surface area (Å²) < 4.78 is 92.0. The number of hydrogen-bond acceptors (Lipinski definition) is 30. The monoisotopic (exact) mass is 1200 g/mol. The van der Waals surface area contributed by atoms with E-state index < -0.39 is 224 Å². The third-order valence-corrected chi connectivity index (χ3v) is 15.6. The fourth-order valence-corrected chi connectivity index (χ4v) is 11.3. The van der Waals surface area contributed by atoms with Crippen molar-refractivity contribution in [3.05, 3.63) is 91.0 Å². The maximum atomic E-state index is 12.5. The molecule has 22 aliphatic heterocycles. The number of ether oxygens (including phenoxy) is 15. The molecule has 0 spiro atoms. The van der Waals surface area contributed by atoms with Crippen LogP contribution in [-0.2, 0) is 56.8 Å². The topological polar surface area (TPSA) is 442 Å². The van der Waals surface area contributed by atoms with Crippen molar-refractivity contribution in [2.45, 2.75) is 184 Å². The predicted molar refractivity (Wildman–Crippen MR) is 270 cm³/mol. The quantitative estimate of drug-likeness (QED) is 0.0801.